The number of benzene rings is 2. The zero-order chi connectivity index (χ0) is 20.4. The third-order valence-electron chi connectivity index (χ3n) is 6.89. The topological polar surface area (TPSA) is 9.23 Å². The van der Waals surface area contributed by atoms with E-state index in [1.54, 1.807) is 5.57 Å². The summed E-state index contributed by atoms with van der Waals surface area (Å²) in [4.78, 5) is 0. The maximum absolute atomic E-state index is 7.31. The highest BCUT2D eigenvalue weighted by Gasteiger charge is 2.54. The van der Waals surface area contributed by atoms with Crippen LogP contribution in [-0.4, -0.2) is 14.4 Å². The van der Waals surface area contributed by atoms with Gasteiger partial charge in [-0.25, -0.2) is 0 Å². The molecule has 0 radical (unpaired) electrons. The first kappa shape index (κ1) is 19.7. The summed E-state index contributed by atoms with van der Waals surface area (Å²) in [6.07, 6.45) is 2.67. The van der Waals surface area contributed by atoms with Crippen molar-refractivity contribution in [3.05, 3.63) is 68.9 Å². The van der Waals surface area contributed by atoms with Crippen molar-refractivity contribution in [3.8, 4) is 0 Å². The fourth-order valence-electron chi connectivity index (χ4n) is 6.01. The van der Waals surface area contributed by atoms with Crippen molar-refractivity contribution in [2.24, 2.45) is 5.41 Å². The largest absolute Gasteiger partial charge is 0.397 e. The standard InChI is InChI=1S/C26H34OSi/c1-16-11-18(3)23(19(4)12-16)28(24-20(5)13-17(2)14-21(24)6)15-22-9-10-26(7,8)25(22)27-28/h11-15,25H,9-10H2,1-8H3. The molecule has 2 aliphatic rings. The second kappa shape index (κ2) is 6.43. The van der Waals surface area contributed by atoms with Gasteiger partial charge in [0.2, 0.25) is 0 Å². The summed E-state index contributed by atoms with van der Waals surface area (Å²) in [5.41, 5.74) is 12.6. The van der Waals surface area contributed by atoms with Crippen LogP contribution in [0, 0.1) is 47.0 Å². The first-order valence-corrected chi connectivity index (χ1v) is 12.6. The number of hydrogen-bond acceptors (Lipinski definition) is 1. The van der Waals surface area contributed by atoms with Crippen LogP contribution in [0.25, 0.3) is 0 Å². The molecule has 1 unspecified atom stereocenters. The van der Waals surface area contributed by atoms with Gasteiger partial charge in [0, 0.05) is 0 Å². The minimum absolute atomic E-state index is 0.222. The molecule has 1 saturated carbocycles. The quantitative estimate of drug-likeness (QED) is 0.634. The molecule has 1 nitrogen and oxygen atoms in total. The third kappa shape index (κ3) is 2.84. The predicted molar refractivity (Wildman–Crippen MR) is 122 cm³/mol. The van der Waals surface area contributed by atoms with Gasteiger partial charge in [0.05, 0.1) is 6.10 Å². The van der Waals surface area contributed by atoms with Gasteiger partial charge in [-0.05, 0) is 98.0 Å². The molecule has 0 aromatic heterocycles. The highest BCUT2D eigenvalue weighted by atomic mass is 28.4. The molecule has 2 heteroatoms. The molecule has 1 atom stereocenters. The highest BCUT2D eigenvalue weighted by molar-refractivity contribution is 7.02. The Labute approximate surface area is 172 Å². The summed E-state index contributed by atoms with van der Waals surface area (Å²) in [7, 11) is -2.46. The molecule has 1 aliphatic heterocycles. The summed E-state index contributed by atoms with van der Waals surface area (Å²) >= 11 is 0. The molecule has 0 spiro atoms. The Kier molecular flexibility index (Phi) is 4.52. The smallest absolute Gasteiger partial charge is 0.282 e. The lowest BCUT2D eigenvalue weighted by Crippen LogP contribution is -2.63. The van der Waals surface area contributed by atoms with Gasteiger partial charge < -0.3 is 4.43 Å². The molecule has 4 rings (SSSR count). The normalized spacial score (nSPS) is 22.3. The van der Waals surface area contributed by atoms with E-state index in [4.69, 9.17) is 4.43 Å². The molecule has 0 bridgehead atoms. The molecule has 1 fully saturated rings. The summed E-state index contributed by atoms with van der Waals surface area (Å²) < 4.78 is 7.31. The summed E-state index contributed by atoms with van der Waals surface area (Å²) in [5, 5.41) is 2.96. The van der Waals surface area contributed by atoms with Crippen LogP contribution in [0.3, 0.4) is 0 Å². The number of hydrogen-bond donors (Lipinski definition) is 0. The molecule has 0 amide bonds. The fourth-order valence-corrected chi connectivity index (χ4v) is 11.1. The van der Waals surface area contributed by atoms with E-state index in [0.29, 0.717) is 0 Å². The zero-order valence-corrected chi connectivity index (χ0v) is 19.8. The number of rotatable bonds is 2. The molecule has 148 valence electrons. The first-order valence-electron chi connectivity index (χ1n) is 10.6. The second-order valence-electron chi connectivity index (χ2n) is 9.99. The molecular formula is C26H34OSi. The lowest BCUT2D eigenvalue weighted by molar-refractivity contribution is 0.133. The molecule has 28 heavy (non-hydrogen) atoms. The summed E-state index contributed by atoms with van der Waals surface area (Å²) in [5.74, 6) is 0. The van der Waals surface area contributed by atoms with Crippen LogP contribution >= 0.6 is 0 Å². The van der Waals surface area contributed by atoms with Crippen LogP contribution in [-0.2, 0) is 4.43 Å². The lowest BCUT2D eigenvalue weighted by Gasteiger charge is -2.36. The van der Waals surface area contributed by atoms with E-state index in [-0.39, 0.29) is 11.5 Å². The second-order valence-corrected chi connectivity index (χ2v) is 13.0. The van der Waals surface area contributed by atoms with Crippen molar-refractivity contribution >= 4 is 18.7 Å². The van der Waals surface area contributed by atoms with E-state index >= 15 is 0 Å². The molecule has 1 heterocycles. The van der Waals surface area contributed by atoms with Crippen LogP contribution in [0.5, 0.6) is 0 Å². The maximum Gasteiger partial charge on any atom is 0.282 e. The van der Waals surface area contributed by atoms with E-state index in [9.17, 15) is 0 Å². The van der Waals surface area contributed by atoms with Crippen LogP contribution in [0.4, 0.5) is 0 Å². The Morgan fingerprint density at radius 1 is 0.786 bits per heavy atom. The fraction of sp³-hybridized carbons (Fsp3) is 0.462. The van der Waals surface area contributed by atoms with Gasteiger partial charge in [-0.15, -0.1) is 0 Å². The van der Waals surface area contributed by atoms with E-state index in [1.165, 1.54) is 56.6 Å². The highest BCUT2D eigenvalue weighted by Crippen LogP contribution is 2.48. The van der Waals surface area contributed by atoms with Crippen molar-refractivity contribution in [2.45, 2.75) is 74.3 Å². The third-order valence-corrected chi connectivity index (χ3v) is 11.3. The van der Waals surface area contributed by atoms with Gasteiger partial charge in [0.1, 0.15) is 0 Å². The molecule has 0 saturated heterocycles. The maximum atomic E-state index is 7.31. The SMILES string of the molecule is Cc1cc(C)c([Si]2(c3c(C)cc(C)cc3C)C=C3CCC(C)(C)C3O2)c(C)c1. The Bertz CT molecular complexity index is 892. The van der Waals surface area contributed by atoms with Crippen LogP contribution in [0.15, 0.2) is 35.5 Å². The van der Waals surface area contributed by atoms with Gasteiger partial charge in [-0.1, -0.05) is 54.9 Å². The Balaban J connectivity index is 2.05. The summed E-state index contributed by atoms with van der Waals surface area (Å²) in [6, 6.07) is 9.38. The average Bonchev–Trinajstić information content (AvgIpc) is 3.03. The van der Waals surface area contributed by atoms with E-state index in [2.05, 4.69) is 85.4 Å². The Morgan fingerprint density at radius 2 is 1.21 bits per heavy atom. The molecule has 2 aromatic carbocycles. The molecular weight excluding hydrogens is 356 g/mol. The van der Waals surface area contributed by atoms with Crippen LogP contribution in [0.2, 0.25) is 0 Å². The monoisotopic (exact) mass is 390 g/mol. The van der Waals surface area contributed by atoms with Gasteiger partial charge in [0.25, 0.3) is 8.32 Å². The van der Waals surface area contributed by atoms with Gasteiger partial charge in [0.15, 0.2) is 0 Å². The van der Waals surface area contributed by atoms with Gasteiger partial charge >= 0.3 is 0 Å². The van der Waals surface area contributed by atoms with E-state index in [1.807, 2.05) is 0 Å². The molecule has 2 aromatic rings. The van der Waals surface area contributed by atoms with E-state index in [0.717, 1.165) is 0 Å². The average molecular weight is 391 g/mol. The number of aryl methyl sites for hydroxylation is 6. The minimum atomic E-state index is -2.46. The number of fused-ring (bicyclic) bond motifs is 1. The van der Waals surface area contributed by atoms with Crippen LogP contribution in [0.1, 0.15) is 60.1 Å². The Hall–Kier alpha value is -1.64. The zero-order valence-electron chi connectivity index (χ0n) is 18.8. The van der Waals surface area contributed by atoms with Gasteiger partial charge in [-0.3, -0.25) is 0 Å². The van der Waals surface area contributed by atoms with E-state index < -0.39 is 8.32 Å². The first-order chi connectivity index (χ1) is 13.0. The molecule has 1 aliphatic carbocycles. The summed E-state index contributed by atoms with van der Waals surface area (Å²) in [6.45, 7) is 18.3. The van der Waals surface area contributed by atoms with Gasteiger partial charge in [-0.2, -0.15) is 0 Å². The van der Waals surface area contributed by atoms with Crippen LogP contribution < -0.4 is 10.4 Å². The van der Waals surface area contributed by atoms with Crippen molar-refractivity contribution < 1.29 is 4.43 Å². The van der Waals surface area contributed by atoms with Crippen molar-refractivity contribution in [3.63, 3.8) is 0 Å². The molecule has 0 N–H and O–H groups in total. The van der Waals surface area contributed by atoms with Crippen molar-refractivity contribution in [1.82, 2.24) is 0 Å². The Morgan fingerprint density at radius 3 is 1.61 bits per heavy atom. The van der Waals surface area contributed by atoms with Crippen molar-refractivity contribution in [2.75, 3.05) is 0 Å². The predicted octanol–water partition coefficient (Wildman–Crippen LogP) is 5.28. The lowest BCUT2D eigenvalue weighted by atomic mass is 9.89. The van der Waals surface area contributed by atoms with Crippen molar-refractivity contribution in [1.29, 1.82) is 0 Å². The minimum Gasteiger partial charge on any atom is -0.397 e.